The quantitative estimate of drug-likeness (QED) is 0.533. The molecule has 0 aliphatic carbocycles. The third kappa shape index (κ3) is 5.60. The van der Waals surface area contributed by atoms with Gasteiger partial charge in [-0.3, -0.25) is 4.98 Å². The van der Waals surface area contributed by atoms with E-state index >= 15 is 0 Å². The SMILES string of the molecule is C=Cc1cc(C(=O)OC(C)(C)C)cnc1-c1noc(CCCc2ccccc2)n1. The molecule has 2 aromatic heterocycles. The number of hydrogen-bond acceptors (Lipinski definition) is 6. The number of aryl methyl sites for hydroxylation is 2. The maximum atomic E-state index is 12.3. The Morgan fingerprint density at radius 2 is 1.97 bits per heavy atom. The largest absolute Gasteiger partial charge is 0.456 e. The van der Waals surface area contributed by atoms with E-state index in [1.54, 1.807) is 12.1 Å². The molecule has 6 heteroatoms. The predicted molar refractivity (Wildman–Crippen MR) is 111 cm³/mol. The average Bonchev–Trinajstić information content (AvgIpc) is 3.15. The molecule has 1 aromatic carbocycles. The molecule has 0 aliphatic heterocycles. The minimum absolute atomic E-state index is 0.352. The highest BCUT2D eigenvalue weighted by atomic mass is 16.6. The van der Waals surface area contributed by atoms with Crippen LogP contribution in [0.4, 0.5) is 0 Å². The van der Waals surface area contributed by atoms with Crippen molar-refractivity contribution in [1.29, 1.82) is 0 Å². The highest BCUT2D eigenvalue weighted by Crippen LogP contribution is 2.22. The van der Waals surface area contributed by atoms with Gasteiger partial charge in [-0.05, 0) is 45.2 Å². The highest BCUT2D eigenvalue weighted by molar-refractivity contribution is 5.90. The molecule has 2 heterocycles. The summed E-state index contributed by atoms with van der Waals surface area (Å²) >= 11 is 0. The van der Waals surface area contributed by atoms with Crippen LogP contribution < -0.4 is 0 Å². The molecule has 0 spiro atoms. The smallest absolute Gasteiger partial charge is 0.340 e. The van der Waals surface area contributed by atoms with Gasteiger partial charge in [0.1, 0.15) is 11.3 Å². The van der Waals surface area contributed by atoms with Gasteiger partial charge in [0, 0.05) is 18.2 Å². The summed E-state index contributed by atoms with van der Waals surface area (Å²) < 4.78 is 10.8. The molecule has 29 heavy (non-hydrogen) atoms. The van der Waals surface area contributed by atoms with E-state index in [4.69, 9.17) is 9.26 Å². The van der Waals surface area contributed by atoms with Crippen molar-refractivity contribution in [3.8, 4) is 11.5 Å². The summed E-state index contributed by atoms with van der Waals surface area (Å²) in [6.45, 7) is 9.26. The van der Waals surface area contributed by atoms with Gasteiger partial charge in [-0.15, -0.1) is 0 Å². The average molecular weight is 391 g/mol. The molecule has 0 aliphatic rings. The number of carbonyl (C=O) groups is 1. The molecule has 0 saturated heterocycles. The minimum atomic E-state index is -0.577. The first-order valence-corrected chi connectivity index (χ1v) is 9.58. The summed E-state index contributed by atoms with van der Waals surface area (Å²) in [6, 6.07) is 11.9. The van der Waals surface area contributed by atoms with Crippen LogP contribution in [0, 0.1) is 0 Å². The van der Waals surface area contributed by atoms with Crippen LogP contribution in [0.2, 0.25) is 0 Å². The molecule has 0 bridgehead atoms. The van der Waals surface area contributed by atoms with Crippen molar-refractivity contribution >= 4 is 12.0 Å². The van der Waals surface area contributed by atoms with Crippen LogP contribution in [0.15, 0.2) is 53.7 Å². The third-order valence-electron chi connectivity index (χ3n) is 4.15. The molecular weight excluding hydrogens is 366 g/mol. The van der Waals surface area contributed by atoms with E-state index < -0.39 is 11.6 Å². The summed E-state index contributed by atoms with van der Waals surface area (Å²) in [5.41, 5.74) is 2.22. The highest BCUT2D eigenvalue weighted by Gasteiger charge is 2.20. The van der Waals surface area contributed by atoms with Crippen molar-refractivity contribution in [3.05, 3.63) is 71.8 Å². The number of aromatic nitrogens is 3. The molecule has 0 amide bonds. The Labute approximate surface area is 170 Å². The summed E-state index contributed by atoms with van der Waals surface area (Å²) in [5.74, 6) is 0.503. The zero-order chi connectivity index (χ0) is 20.9. The second-order valence-electron chi connectivity index (χ2n) is 7.72. The van der Waals surface area contributed by atoms with Crippen molar-refractivity contribution in [1.82, 2.24) is 15.1 Å². The number of pyridine rings is 1. The van der Waals surface area contributed by atoms with Crippen LogP contribution in [-0.2, 0) is 17.6 Å². The second kappa shape index (κ2) is 8.82. The van der Waals surface area contributed by atoms with Crippen molar-refractivity contribution < 1.29 is 14.1 Å². The van der Waals surface area contributed by atoms with E-state index in [1.165, 1.54) is 11.8 Å². The van der Waals surface area contributed by atoms with E-state index in [9.17, 15) is 4.79 Å². The van der Waals surface area contributed by atoms with E-state index in [2.05, 4.69) is 33.8 Å². The van der Waals surface area contributed by atoms with Gasteiger partial charge < -0.3 is 9.26 Å². The van der Waals surface area contributed by atoms with E-state index in [1.807, 2.05) is 39.0 Å². The topological polar surface area (TPSA) is 78.1 Å². The van der Waals surface area contributed by atoms with Gasteiger partial charge in [0.15, 0.2) is 0 Å². The molecule has 6 nitrogen and oxygen atoms in total. The normalized spacial score (nSPS) is 11.3. The lowest BCUT2D eigenvalue weighted by Crippen LogP contribution is -2.24. The fourth-order valence-corrected chi connectivity index (χ4v) is 2.81. The maximum absolute atomic E-state index is 12.3. The van der Waals surface area contributed by atoms with Gasteiger partial charge in [0.2, 0.25) is 11.7 Å². The Morgan fingerprint density at radius 3 is 2.66 bits per heavy atom. The lowest BCUT2D eigenvalue weighted by atomic mass is 10.1. The molecule has 0 fully saturated rings. The Hall–Kier alpha value is -3.28. The zero-order valence-electron chi connectivity index (χ0n) is 17.0. The fourth-order valence-electron chi connectivity index (χ4n) is 2.81. The third-order valence-corrected chi connectivity index (χ3v) is 4.15. The van der Waals surface area contributed by atoms with E-state index in [0.29, 0.717) is 35.0 Å². The van der Waals surface area contributed by atoms with Crippen LogP contribution in [0.1, 0.15) is 54.6 Å². The molecular formula is C23H25N3O3. The molecule has 0 unspecified atom stereocenters. The number of hydrogen-bond donors (Lipinski definition) is 0. The Bertz CT molecular complexity index is 988. The zero-order valence-corrected chi connectivity index (χ0v) is 17.0. The minimum Gasteiger partial charge on any atom is -0.456 e. The molecule has 3 rings (SSSR count). The summed E-state index contributed by atoms with van der Waals surface area (Å²) in [7, 11) is 0. The summed E-state index contributed by atoms with van der Waals surface area (Å²) in [4.78, 5) is 21.1. The van der Waals surface area contributed by atoms with Gasteiger partial charge >= 0.3 is 5.97 Å². The van der Waals surface area contributed by atoms with Gasteiger partial charge in [-0.1, -0.05) is 48.1 Å². The van der Waals surface area contributed by atoms with E-state index in [-0.39, 0.29) is 0 Å². The molecule has 0 atom stereocenters. The number of carbonyl (C=O) groups excluding carboxylic acids is 1. The predicted octanol–water partition coefficient (Wildman–Crippen LogP) is 4.91. The molecule has 0 radical (unpaired) electrons. The van der Waals surface area contributed by atoms with Crippen LogP contribution in [0.25, 0.3) is 17.6 Å². The van der Waals surface area contributed by atoms with Crippen LogP contribution in [-0.4, -0.2) is 26.7 Å². The van der Waals surface area contributed by atoms with Crippen molar-refractivity contribution in [2.24, 2.45) is 0 Å². The second-order valence-corrected chi connectivity index (χ2v) is 7.72. The van der Waals surface area contributed by atoms with Gasteiger partial charge in [-0.25, -0.2) is 4.79 Å². The lowest BCUT2D eigenvalue weighted by Gasteiger charge is -2.19. The molecule has 3 aromatic rings. The number of esters is 1. The molecule has 0 saturated carbocycles. The van der Waals surface area contributed by atoms with E-state index in [0.717, 1.165) is 12.8 Å². The van der Waals surface area contributed by atoms with Crippen molar-refractivity contribution in [2.75, 3.05) is 0 Å². The Morgan fingerprint density at radius 1 is 1.21 bits per heavy atom. The molecule has 150 valence electrons. The Kier molecular flexibility index (Phi) is 6.22. The van der Waals surface area contributed by atoms with Crippen LogP contribution in [0.3, 0.4) is 0 Å². The molecule has 0 N–H and O–H groups in total. The van der Waals surface area contributed by atoms with Gasteiger partial charge in [0.05, 0.1) is 5.56 Å². The summed E-state index contributed by atoms with van der Waals surface area (Å²) in [5, 5.41) is 4.04. The van der Waals surface area contributed by atoms with Crippen molar-refractivity contribution in [3.63, 3.8) is 0 Å². The maximum Gasteiger partial charge on any atom is 0.340 e. The number of rotatable bonds is 7. The number of ether oxygens (including phenoxy) is 1. The first-order valence-electron chi connectivity index (χ1n) is 9.58. The standard InChI is InChI=1S/C23H25N3O3/c1-5-17-14-18(22(27)28-23(2,3)4)15-24-20(17)21-25-19(29-26-21)13-9-12-16-10-7-6-8-11-16/h5-8,10-11,14-15H,1,9,12-13H2,2-4H3. The monoisotopic (exact) mass is 391 g/mol. The van der Waals surface area contributed by atoms with Gasteiger partial charge in [0.25, 0.3) is 0 Å². The Balaban J connectivity index is 1.70. The fraction of sp³-hybridized carbons (Fsp3) is 0.304. The first-order chi connectivity index (χ1) is 13.9. The summed E-state index contributed by atoms with van der Waals surface area (Å²) in [6.07, 6.45) is 5.61. The van der Waals surface area contributed by atoms with Crippen LogP contribution >= 0.6 is 0 Å². The van der Waals surface area contributed by atoms with Crippen molar-refractivity contribution in [2.45, 2.75) is 45.6 Å². The van der Waals surface area contributed by atoms with Gasteiger partial charge in [-0.2, -0.15) is 4.98 Å². The lowest BCUT2D eigenvalue weighted by molar-refractivity contribution is 0.00690. The van der Waals surface area contributed by atoms with Crippen LogP contribution in [0.5, 0.6) is 0 Å². The number of nitrogens with zero attached hydrogens (tertiary/aromatic N) is 3. The first kappa shape index (κ1) is 20.5. The number of benzene rings is 1.